The summed E-state index contributed by atoms with van der Waals surface area (Å²) in [5, 5.41) is 12.7. The van der Waals surface area contributed by atoms with Gasteiger partial charge in [-0.3, -0.25) is 9.69 Å². The Morgan fingerprint density at radius 3 is 2.51 bits per heavy atom. The van der Waals surface area contributed by atoms with E-state index in [2.05, 4.69) is 16.0 Å². The highest BCUT2D eigenvalue weighted by Gasteiger charge is 2.37. The van der Waals surface area contributed by atoms with Crippen LogP contribution in [0.5, 0.6) is 0 Å². The average molecular weight is 538 g/mol. The van der Waals surface area contributed by atoms with Crippen LogP contribution in [0.4, 0.5) is 16.2 Å². The molecular formula is C31H28ClN5O2. The molecular weight excluding hydrogens is 510 g/mol. The first-order valence-electron chi connectivity index (χ1n) is 12.9. The fraction of sp³-hybridized carbons (Fsp3) is 0.194. The van der Waals surface area contributed by atoms with Crippen LogP contribution in [0.2, 0.25) is 5.02 Å². The van der Waals surface area contributed by atoms with Gasteiger partial charge in [-0.25, -0.2) is 4.79 Å². The highest BCUT2D eigenvalue weighted by molar-refractivity contribution is 6.30. The summed E-state index contributed by atoms with van der Waals surface area (Å²) in [6.07, 6.45) is 3.61. The minimum absolute atomic E-state index is 0.108. The molecule has 4 aromatic rings. The van der Waals surface area contributed by atoms with Crippen molar-refractivity contribution in [2.45, 2.75) is 25.8 Å². The molecule has 3 aromatic carbocycles. The average Bonchev–Trinajstić information content (AvgIpc) is 3.45. The van der Waals surface area contributed by atoms with Gasteiger partial charge in [-0.1, -0.05) is 55.3 Å². The predicted molar refractivity (Wildman–Crippen MR) is 153 cm³/mol. The van der Waals surface area contributed by atoms with E-state index in [-0.39, 0.29) is 18.5 Å². The molecule has 0 bridgehead atoms. The molecule has 3 amide bonds. The summed E-state index contributed by atoms with van der Waals surface area (Å²) in [7, 11) is 0. The first-order valence-corrected chi connectivity index (χ1v) is 13.3. The predicted octanol–water partition coefficient (Wildman–Crippen LogP) is 6.77. The molecule has 1 unspecified atom stereocenters. The lowest BCUT2D eigenvalue weighted by Crippen LogP contribution is -2.48. The smallest absolute Gasteiger partial charge is 0.316 e. The van der Waals surface area contributed by atoms with Gasteiger partial charge < -0.3 is 14.8 Å². The fourth-order valence-corrected chi connectivity index (χ4v) is 5.06. The molecule has 0 spiro atoms. The van der Waals surface area contributed by atoms with Gasteiger partial charge >= 0.3 is 6.03 Å². The van der Waals surface area contributed by atoms with Crippen LogP contribution in [0.1, 0.15) is 42.6 Å². The third kappa shape index (κ3) is 5.38. The first kappa shape index (κ1) is 26.1. The van der Waals surface area contributed by atoms with Crippen molar-refractivity contribution in [1.82, 2.24) is 9.47 Å². The molecule has 5 rings (SSSR count). The molecule has 0 fully saturated rings. The number of carbonyl (C=O) groups excluding carboxylic acids is 2. The number of nitriles is 1. The number of carbonyl (C=O) groups is 2. The number of unbranched alkanes of at least 4 members (excludes halogenated alkanes) is 1. The third-order valence-electron chi connectivity index (χ3n) is 6.81. The van der Waals surface area contributed by atoms with Crippen molar-refractivity contribution in [1.29, 1.82) is 5.26 Å². The summed E-state index contributed by atoms with van der Waals surface area (Å²) in [5.41, 5.74) is 4.48. The molecule has 8 heteroatoms. The number of aromatic nitrogens is 1. The van der Waals surface area contributed by atoms with Crippen LogP contribution in [0, 0.1) is 11.3 Å². The molecule has 1 atom stereocenters. The Hall–Kier alpha value is -4.54. The van der Waals surface area contributed by atoms with E-state index in [1.165, 1.54) is 0 Å². The van der Waals surface area contributed by atoms with Gasteiger partial charge in [0.2, 0.25) is 5.91 Å². The molecule has 39 heavy (non-hydrogen) atoms. The van der Waals surface area contributed by atoms with Crippen LogP contribution in [0.3, 0.4) is 0 Å². The highest BCUT2D eigenvalue weighted by Crippen LogP contribution is 2.42. The Kier molecular flexibility index (Phi) is 7.67. The van der Waals surface area contributed by atoms with Crippen molar-refractivity contribution in [3.63, 3.8) is 0 Å². The molecule has 7 nitrogen and oxygen atoms in total. The van der Waals surface area contributed by atoms with E-state index in [0.29, 0.717) is 22.8 Å². The molecule has 1 aliphatic rings. The molecule has 0 saturated carbocycles. The fourth-order valence-electron chi connectivity index (χ4n) is 4.93. The Morgan fingerprint density at radius 1 is 1.00 bits per heavy atom. The molecule has 1 N–H and O–H groups in total. The number of halogens is 1. The minimum Gasteiger partial charge on any atom is -0.316 e. The summed E-state index contributed by atoms with van der Waals surface area (Å²) in [4.78, 5) is 30.9. The summed E-state index contributed by atoms with van der Waals surface area (Å²) >= 11 is 6.19. The Labute approximate surface area is 232 Å². The lowest BCUT2D eigenvalue weighted by molar-refractivity contribution is -0.119. The van der Waals surface area contributed by atoms with Crippen molar-refractivity contribution in [2.75, 3.05) is 23.3 Å². The quantitative estimate of drug-likeness (QED) is 0.282. The van der Waals surface area contributed by atoms with Crippen LogP contribution in [-0.2, 0) is 4.79 Å². The SMILES string of the molecule is CCCCN(CC(=O)N1c2ccccc2-n2cccc2C1c1ccc(Cl)cc1)C(=O)Nc1cccc(C#N)c1. The zero-order valence-electron chi connectivity index (χ0n) is 21.5. The van der Waals surface area contributed by atoms with E-state index in [9.17, 15) is 14.9 Å². The van der Waals surface area contributed by atoms with Crippen molar-refractivity contribution < 1.29 is 9.59 Å². The maximum Gasteiger partial charge on any atom is 0.322 e. The number of nitrogens with zero attached hydrogens (tertiary/aromatic N) is 4. The number of benzene rings is 3. The maximum atomic E-state index is 14.2. The van der Waals surface area contributed by atoms with Crippen LogP contribution < -0.4 is 10.2 Å². The van der Waals surface area contributed by atoms with E-state index < -0.39 is 6.04 Å². The van der Waals surface area contributed by atoms with Crippen molar-refractivity contribution in [2.24, 2.45) is 0 Å². The van der Waals surface area contributed by atoms with Crippen LogP contribution in [-0.4, -0.2) is 34.5 Å². The Bertz CT molecular complexity index is 1540. The van der Waals surface area contributed by atoms with Gasteiger partial charge in [-0.05, 0) is 66.6 Å². The number of urea groups is 1. The molecule has 1 aromatic heterocycles. The summed E-state index contributed by atoms with van der Waals surface area (Å²) in [6, 6.07) is 27.3. The second kappa shape index (κ2) is 11.5. The summed E-state index contributed by atoms with van der Waals surface area (Å²) in [5.74, 6) is -0.202. The van der Waals surface area contributed by atoms with Gasteiger partial charge in [0, 0.05) is 23.5 Å². The molecule has 0 radical (unpaired) electrons. The van der Waals surface area contributed by atoms with Crippen LogP contribution >= 0.6 is 11.6 Å². The Morgan fingerprint density at radius 2 is 1.77 bits per heavy atom. The number of para-hydroxylation sites is 2. The first-order chi connectivity index (χ1) is 19.0. The number of rotatable bonds is 7. The number of hydrogen-bond donors (Lipinski definition) is 1. The summed E-state index contributed by atoms with van der Waals surface area (Å²) in [6.45, 7) is 2.35. The van der Waals surface area contributed by atoms with Crippen LogP contribution in [0.25, 0.3) is 5.69 Å². The zero-order valence-corrected chi connectivity index (χ0v) is 22.3. The molecule has 2 heterocycles. The van der Waals surface area contributed by atoms with Crippen molar-refractivity contribution >= 4 is 34.9 Å². The minimum atomic E-state index is -0.400. The number of hydrogen-bond acceptors (Lipinski definition) is 3. The van der Waals surface area contributed by atoms with Gasteiger partial charge in [0.25, 0.3) is 0 Å². The number of fused-ring (bicyclic) bond motifs is 3. The number of nitrogens with one attached hydrogen (secondary N) is 1. The van der Waals surface area contributed by atoms with Gasteiger partial charge in [-0.2, -0.15) is 5.26 Å². The lowest BCUT2D eigenvalue weighted by atomic mass is 9.97. The van der Waals surface area contributed by atoms with Crippen LogP contribution in [0.15, 0.2) is 91.1 Å². The third-order valence-corrected chi connectivity index (χ3v) is 7.06. The largest absolute Gasteiger partial charge is 0.322 e. The normalized spacial score (nSPS) is 13.7. The van der Waals surface area contributed by atoms with Crippen molar-refractivity contribution in [3.05, 3.63) is 113 Å². The van der Waals surface area contributed by atoms with E-state index in [1.54, 1.807) is 34.1 Å². The van der Waals surface area contributed by atoms with E-state index in [1.807, 2.05) is 73.8 Å². The van der Waals surface area contributed by atoms with E-state index in [0.717, 1.165) is 35.5 Å². The Balaban J connectivity index is 1.49. The second-order valence-corrected chi connectivity index (χ2v) is 9.84. The maximum absolute atomic E-state index is 14.2. The lowest BCUT2D eigenvalue weighted by Gasteiger charge is -2.39. The number of amides is 3. The second-order valence-electron chi connectivity index (χ2n) is 9.41. The summed E-state index contributed by atoms with van der Waals surface area (Å²) < 4.78 is 2.10. The topological polar surface area (TPSA) is 81.4 Å². The zero-order chi connectivity index (χ0) is 27.4. The highest BCUT2D eigenvalue weighted by atomic mass is 35.5. The van der Waals surface area contributed by atoms with Gasteiger partial charge in [0.1, 0.15) is 12.6 Å². The van der Waals surface area contributed by atoms with Crippen molar-refractivity contribution in [3.8, 4) is 11.8 Å². The molecule has 196 valence electrons. The monoisotopic (exact) mass is 537 g/mol. The molecule has 0 aliphatic carbocycles. The van der Waals surface area contributed by atoms with E-state index >= 15 is 0 Å². The van der Waals surface area contributed by atoms with Gasteiger partial charge in [0.05, 0.1) is 28.7 Å². The molecule has 0 saturated heterocycles. The standard InChI is InChI=1S/C31H28ClN5O2/c1-2-3-17-35(31(39)34-25-9-6-8-22(19-25)20-33)21-29(38)37-27-11-5-4-10-26(27)36-18-7-12-28(36)30(37)23-13-15-24(32)16-14-23/h4-16,18-19,30H,2-3,17,21H2,1H3,(H,34,39). The molecule has 1 aliphatic heterocycles. The number of anilines is 2. The van der Waals surface area contributed by atoms with E-state index in [4.69, 9.17) is 11.6 Å². The van der Waals surface area contributed by atoms with Gasteiger partial charge in [0.15, 0.2) is 0 Å². The van der Waals surface area contributed by atoms with Gasteiger partial charge in [-0.15, -0.1) is 0 Å².